The first-order valence-corrected chi connectivity index (χ1v) is 11.1. The maximum absolute atomic E-state index is 11.7. The molecule has 0 N–H and O–H groups in total. The van der Waals surface area contributed by atoms with Crippen LogP contribution in [0.5, 0.6) is 0 Å². The van der Waals surface area contributed by atoms with Crippen molar-refractivity contribution in [2.45, 2.75) is 57.6 Å². The van der Waals surface area contributed by atoms with Gasteiger partial charge in [0.1, 0.15) is 5.69 Å². The SMILES string of the molecule is CC(C)S(=O)(=O)CCCCCCCc1ccc(-c2csnn2)cc1. The molecule has 0 unspecified atom stereocenters. The first-order valence-electron chi connectivity index (χ1n) is 8.57. The predicted molar refractivity (Wildman–Crippen MR) is 101 cm³/mol. The lowest BCUT2D eigenvalue weighted by Gasteiger charge is -2.07. The second kappa shape index (κ2) is 9.28. The molecule has 24 heavy (non-hydrogen) atoms. The molecule has 0 bridgehead atoms. The lowest BCUT2D eigenvalue weighted by molar-refractivity contribution is 0.577. The van der Waals surface area contributed by atoms with Gasteiger partial charge in [-0.05, 0) is 50.2 Å². The summed E-state index contributed by atoms with van der Waals surface area (Å²) in [5.41, 5.74) is 3.38. The highest BCUT2D eigenvalue weighted by Gasteiger charge is 2.14. The Morgan fingerprint density at radius 2 is 1.67 bits per heavy atom. The van der Waals surface area contributed by atoms with Crippen molar-refractivity contribution in [1.82, 2.24) is 9.59 Å². The summed E-state index contributed by atoms with van der Waals surface area (Å²) in [6.07, 6.45) is 6.27. The van der Waals surface area contributed by atoms with E-state index in [4.69, 9.17) is 0 Å². The van der Waals surface area contributed by atoms with Crippen molar-refractivity contribution in [3.05, 3.63) is 35.2 Å². The van der Waals surface area contributed by atoms with Gasteiger partial charge in [-0.25, -0.2) is 8.42 Å². The van der Waals surface area contributed by atoms with Crippen LogP contribution in [0.15, 0.2) is 29.6 Å². The van der Waals surface area contributed by atoms with Gasteiger partial charge in [-0.2, -0.15) is 0 Å². The Morgan fingerprint density at radius 3 is 2.29 bits per heavy atom. The molecule has 132 valence electrons. The average Bonchev–Trinajstić information content (AvgIpc) is 3.09. The predicted octanol–water partition coefficient (Wildman–Crippen LogP) is 4.52. The van der Waals surface area contributed by atoms with E-state index in [1.807, 2.05) is 5.38 Å². The van der Waals surface area contributed by atoms with Crippen LogP contribution in [-0.2, 0) is 16.3 Å². The second-order valence-corrected chi connectivity index (χ2v) is 9.71. The normalized spacial score (nSPS) is 12.0. The van der Waals surface area contributed by atoms with E-state index in [1.54, 1.807) is 13.8 Å². The highest BCUT2D eigenvalue weighted by atomic mass is 32.2. The lowest BCUT2D eigenvalue weighted by Crippen LogP contribution is -2.17. The molecule has 6 heteroatoms. The fraction of sp³-hybridized carbons (Fsp3) is 0.556. The Kier molecular flexibility index (Phi) is 7.37. The van der Waals surface area contributed by atoms with Crippen molar-refractivity contribution >= 4 is 21.4 Å². The molecule has 0 saturated carbocycles. The largest absolute Gasteiger partial charge is 0.229 e. The molecule has 1 heterocycles. The molecule has 0 radical (unpaired) electrons. The number of nitrogens with zero attached hydrogens (tertiary/aromatic N) is 2. The Labute approximate surface area is 149 Å². The van der Waals surface area contributed by atoms with E-state index in [2.05, 4.69) is 33.9 Å². The van der Waals surface area contributed by atoms with Gasteiger partial charge in [-0.3, -0.25) is 0 Å². The first-order chi connectivity index (χ1) is 11.5. The third-order valence-electron chi connectivity index (χ3n) is 4.22. The summed E-state index contributed by atoms with van der Waals surface area (Å²) >= 11 is 1.37. The number of benzene rings is 1. The fourth-order valence-corrected chi connectivity index (χ4v) is 4.07. The zero-order valence-corrected chi connectivity index (χ0v) is 16.1. The van der Waals surface area contributed by atoms with Gasteiger partial charge < -0.3 is 0 Å². The highest BCUT2D eigenvalue weighted by Crippen LogP contribution is 2.19. The van der Waals surface area contributed by atoms with Gasteiger partial charge in [0.05, 0.1) is 11.0 Å². The molecule has 1 aromatic carbocycles. The Morgan fingerprint density at radius 1 is 1.00 bits per heavy atom. The second-order valence-electron chi connectivity index (χ2n) is 6.42. The molecule has 0 saturated heterocycles. The van der Waals surface area contributed by atoms with Crippen LogP contribution >= 0.6 is 11.5 Å². The maximum Gasteiger partial charge on any atom is 0.152 e. The number of rotatable bonds is 10. The third-order valence-corrected chi connectivity index (χ3v) is 7.02. The summed E-state index contributed by atoms with van der Waals surface area (Å²) in [5.74, 6) is 0.331. The number of aryl methyl sites for hydroxylation is 1. The van der Waals surface area contributed by atoms with Crippen LogP contribution in [-0.4, -0.2) is 29.0 Å². The van der Waals surface area contributed by atoms with E-state index in [0.29, 0.717) is 5.75 Å². The van der Waals surface area contributed by atoms with Crippen LogP contribution in [0.1, 0.15) is 51.5 Å². The highest BCUT2D eigenvalue weighted by molar-refractivity contribution is 7.91. The summed E-state index contributed by atoms with van der Waals surface area (Å²) in [4.78, 5) is 0. The Hall–Kier alpha value is -1.27. The molecule has 0 aliphatic rings. The molecule has 0 spiro atoms. The molecule has 4 nitrogen and oxygen atoms in total. The Bertz CT molecular complexity index is 693. The number of hydrogen-bond acceptors (Lipinski definition) is 5. The molecule has 1 aromatic heterocycles. The zero-order valence-electron chi connectivity index (χ0n) is 14.4. The minimum absolute atomic E-state index is 0.250. The van der Waals surface area contributed by atoms with Crippen molar-refractivity contribution in [2.24, 2.45) is 0 Å². The van der Waals surface area contributed by atoms with Crippen LogP contribution in [0.25, 0.3) is 11.3 Å². The van der Waals surface area contributed by atoms with Crippen LogP contribution in [0.3, 0.4) is 0 Å². The zero-order chi connectivity index (χ0) is 17.4. The minimum Gasteiger partial charge on any atom is -0.229 e. The van der Waals surface area contributed by atoms with Gasteiger partial charge in [-0.15, -0.1) is 5.10 Å². The smallest absolute Gasteiger partial charge is 0.152 e. The molecule has 0 amide bonds. The van der Waals surface area contributed by atoms with Gasteiger partial charge in [-0.1, -0.05) is 48.0 Å². The van der Waals surface area contributed by atoms with E-state index in [9.17, 15) is 8.42 Å². The van der Waals surface area contributed by atoms with Crippen LogP contribution < -0.4 is 0 Å². The molecule has 0 atom stereocenters. The van der Waals surface area contributed by atoms with Gasteiger partial charge in [0.15, 0.2) is 9.84 Å². The first kappa shape index (κ1) is 19.1. The molecular weight excluding hydrogens is 340 g/mol. The number of hydrogen-bond donors (Lipinski definition) is 0. The molecule has 0 aliphatic heterocycles. The van der Waals surface area contributed by atoms with Crippen LogP contribution in [0.2, 0.25) is 0 Å². The van der Waals surface area contributed by atoms with Crippen molar-refractivity contribution in [2.75, 3.05) is 5.75 Å². The molecule has 0 fully saturated rings. The van der Waals surface area contributed by atoms with E-state index in [1.165, 1.54) is 17.1 Å². The maximum atomic E-state index is 11.7. The topological polar surface area (TPSA) is 59.9 Å². The summed E-state index contributed by atoms with van der Waals surface area (Å²) in [6, 6.07) is 8.51. The monoisotopic (exact) mass is 366 g/mol. The van der Waals surface area contributed by atoms with Crippen LogP contribution in [0.4, 0.5) is 0 Å². The number of unbranched alkanes of at least 4 members (excludes halogenated alkanes) is 4. The van der Waals surface area contributed by atoms with Gasteiger partial charge in [0.25, 0.3) is 0 Å². The average molecular weight is 367 g/mol. The van der Waals surface area contributed by atoms with Gasteiger partial charge in [0.2, 0.25) is 0 Å². The molecular formula is C18H26N2O2S2. The van der Waals surface area contributed by atoms with E-state index >= 15 is 0 Å². The number of sulfone groups is 1. The third kappa shape index (κ3) is 5.98. The Balaban J connectivity index is 1.61. The van der Waals surface area contributed by atoms with Crippen molar-refractivity contribution in [3.63, 3.8) is 0 Å². The summed E-state index contributed by atoms with van der Waals surface area (Å²) < 4.78 is 27.3. The molecule has 2 rings (SSSR count). The van der Waals surface area contributed by atoms with Gasteiger partial charge in [0, 0.05) is 10.9 Å². The van der Waals surface area contributed by atoms with E-state index in [0.717, 1.165) is 49.8 Å². The van der Waals surface area contributed by atoms with Crippen molar-refractivity contribution in [3.8, 4) is 11.3 Å². The molecule has 2 aromatic rings. The molecule has 0 aliphatic carbocycles. The quantitative estimate of drug-likeness (QED) is 0.580. The van der Waals surface area contributed by atoms with Crippen LogP contribution in [0, 0.1) is 0 Å². The van der Waals surface area contributed by atoms with Gasteiger partial charge >= 0.3 is 0 Å². The standard InChI is InChI=1S/C18H26N2O2S2/c1-15(2)24(21,22)13-7-5-3-4-6-8-16-9-11-17(12-10-16)18-14-23-20-19-18/h9-12,14-15H,3-8,13H2,1-2H3. The van der Waals surface area contributed by atoms with E-state index in [-0.39, 0.29) is 5.25 Å². The minimum atomic E-state index is -2.87. The van der Waals surface area contributed by atoms with E-state index < -0.39 is 9.84 Å². The number of aromatic nitrogens is 2. The van der Waals surface area contributed by atoms with Crippen molar-refractivity contribution in [1.29, 1.82) is 0 Å². The summed E-state index contributed by atoms with van der Waals surface area (Å²) in [6.45, 7) is 3.51. The fourth-order valence-electron chi connectivity index (χ4n) is 2.53. The van der Waals surface area contributed by atoms with Crippen molar-refractivity contribution < 1.29 is 8.42 Å². The summed E-state index contributed by atoms with van der Waals surface area (Å²) in [5, 5.41) is 5.78. The summed E-state index contributed by atoms with van der Waals surface area (Å²) in [7, 11) is -2.87. The lowest BCUT2D eigenvalue weighted by atomic mass is 10.0.